The van der Waals surface area contributed by atoms with Gasteiger partial charge in [0.1, 0.15) is 5.22 Å². The van der Waals surface area contributed by atoms with Crippen LogP contribution in [0.15, 0.2) is 36.4 Å². The van der Waals surface area contributed by atoms with Gasteiger partial charge in [0.15, 0.2) is 0 Å². The first-order valence-electron chi connectivity index (χ1n) is 10.5. The lowest BCUT2D eigenvalue weighted by Gasteiger charge is -2.52. The normalized spacial score (nSPS) is 24.6. The van der Waals surface area contributed by atoms with E-state index in [4.69, 9.17) is 13.6 Å². The largest absolute Gasteiger partial charge is 0.396 e. The van der Waals surface area contributed by atoms with E-state index in [0.29, 0.717) is 0 Å². The molecule has 2 unspecified atom stereocenters. The minimum absolute atomic E-state index is 0.263. The van der Waals surface area contributed by atoms with Gasteiger partial charge < -0.3 is 24.2 Å². The highest BCUT2D eigenvalue weighted by molar-refractivity contribution is 6.71. The molecule has 1 fully saturated rings. The monoisotopic (exact) mass is 406 g/mol. The third kappa shape index (κ3) is 5.31. The second-order valence-corrected chi connectivity index (χ2v) is 11.1. The molecular formula is C22H38N2O3Si. The summed E-state index contributed by atoms with van der Waals surface area (Å²) in [7, 11) is 2.98. The Morgan fingerprint density at radius 3 is 2.54 bits per heavy atom. The zero-order valence-corrected chi connectivity index (χ0v) is 19.0. The van der Waals surface area contributed by atoms with Crippen molar-refractivity contribution in [1.82, 2.24) is 10.6 Å². The molecule has 1 heterocycles. The molecule has 1 aromatic carbocycles. The molecule has 2 rings (SSSR count). The standard InChI is InChI=1S/C22H38N2O3Si/c1-5-15-22(25-2)21(14-10-19-28(22,26-3)27-4)24-18-17-23-16-9-13-20-11-7-6-8-12-20/h6-9,11-13,21,23-24H,5,10,14-19H2,1-4H3. The van der Waals surface area contributed by atoms with Gasteiger partial charge in [0.05, 0.1) is 0 Å². The van der Waals surface area contributed by atoms with Crippen molar-refractivity contribution in [3.05, 3.63) is 42.0 Å². The van der Waals surface area contributed by atoms with Crippen molar-refractivity contribution >= 4 is 14.6 Å². The average Bonchev–Trinajstić information content (AvgIpc) is 2.74. The van der Waals surface area contributed by atoms with Gasteiger partial charge in [0, 0.05) is 47.0 Å². The number of hydrogen-bond acceptors (Lipinski definition) is 5. The summed E-state index contributed by atoms with van der Waals surface area (Å²) in [6, 6.07) is 11.6. The van der Waals surface area contributed by atoms with Crippen LogP contribution in [0.4, 0.5) is 0 Å². The molecule has 158 valence electrons. The van der Waals surface area contributed by atoms with Crippen LogP contribution in [-0.4, -0.2) is 60.8 Å². The van der Waals surface area contributed by atoms with Crippen LogP contribution in [0.1, 0.15) is 38.2 Å². The maximum absolute atomic E-state index is 6.19. The Balaban J connectivity index is 1.86. The molecule has 6 heteroatoms. The van der Waals surface area contributed by atoms with Gasteiger partial charge in [0.2, 0.25) is 0 Å². The van der Waals surface area contributed by atoms with Crippen LogP contribution >= 0.6 is 0 Å². The van der Waals surface area contributed by atoms with Gasteiger partial charge >= 0.3 is 8.56 Å². The fraction of sp³-hybridized carbons (Fsp3) is 0.636. The summed E-state index contributed by atoms with van der Waals surface area (Å²) >= 11 is 0. The molecule has 2 N–H and O–H groups in total. The predicted molar refractivity (Wildman–Crippen MR) is 119 cm³/mol. The maximum atomic E-state index is 6.19. The molecule has 0 spiro atoms. The molecule has 5 nitrogen and oxygen atoms in total. The van der Waals surface area contributed by atoms with Gasteiger partial charge in [-0.25, -0.2) is 0 Å². The summed E-state index contributed by atoms with van der Waals surface area (Å²) in [4.78, 5) is 0. The second kappa shape index (κ2) is 11.9. The van der Waals surface area contributed by atoms with E-state index in [1.807, 2.05) is 13.2 Å². The molecule has 28 heavy (non-hydrogen) atoms. The number of hydrogen-bond donors (Lipinski definition) is 2. The van der Waals surface area contributed by atoms with Crippen LogP contribution in [0.3, 0.4) is 0 Å². The Labute approximate surface area is 172 Å². The van der Waals surface area contributed by atoms with Crippen molar-refractivity contribution in [3.63, 3.8) is 0 Å². The highest BCUT2D eigenvalue weighted by Crippen LogP contribution is 2.42. The highest BCUT2D eigenvalue weighted by Gasteiger charge is 2.62. The Morgan fingerprint density at radius 1 is 1.14 bits per heavy atom. The molecule has 0 aromatic heterocycles. The number of ether oxygens (including phenoxy) is 1. The number of nitrogens with one attached hydrogen (secondary N) is 2. The van der Waals surface area contributed by atoms with E-state index in [9.17, 15) is 0 Å². The molecule has 2 atom stereocenters. The third-order valence-corrected chi connectivity index (χ3v) is 10.3. The van der Waals surface area contributed by atoms with Crippen molar-refractivity contribution < 1.29 is 13.6 Å². The van der Waals surface area contributed by atoms with Crippen molar-refractivity contribution in [2.24, 2.45) is 0 Å². The minimum Gasteiger partial charge on any atom is -0.396 e. The van der Waals surface area contributed by atoms with Gasteiger partial charge in [-0.2, -0.15) is 0 Å². The van der Waals surface area contributed by atoms with Gasteiger partial charge in [-0.05, 0) is 30.9 Å². The van der Waals surface area contributed by atoms with E-state index in [1.54, 1.807) is 14.2 Å². The quantitative estimate of drug-likeness (QED) is 0.411. The Bertz CT molecular complexity index is 580. The molecule has 0 radical (unpaired) electrons. The Morgan fingerprint density at radius 2 is 1.89 bits per heavy atom. The zero-order valence-electron chi connectivity index (χ0n) is 18.0. The topological polar surface area (TPSA) is 51.8 Å². The second-order valence-electron chi connectivity index (χ2n) is 7.42. The van der Waals surface area contributed by atoms with Crippen molar-refractivity contribution in [1.29, 1.82) is 0 Å². The number of methoxy groups -OCH3 is 1. The first kappa shape index (κ1) is 23.3. The van der Waals surface area contributed by atoms with E-state index in [1.165, 1.54) is 5.56 Å². The first-order chi connectivity index (χ1) is 13.7. The fourth-order valence-electron chi connectivity index (χ4n) is 4.56. The fourth-order valence-corrected chi connectivity index (χ4v) is 8.64. The predicted octanol–water partition coefficient (Wildman–Crippen LogP) is 3.50. The summed E-state index contributed by atoms with van der Waals surface area (Å²) in [6.07, 6.45) is 8.55. The third-order valence-electron chi connectivity index (χ3n) is 5.92. The number of rotatable bonds is 12. The molecule has 0 amide bonds. The van der Waals surface area contributed by atoms with Crippen molar-refractivity contribution in [2.45, 2.75) is 49.9 Å². The SMILES string of the molecule is CCCC1(OC)C(NCCNCC=Cc2ccccc2)CCC[Si]1(OC)OC. The van der Waals surface area contributed by atoms with Crippen molar-refractivity contribution in [3.8, 4) is 0 Å². The van der Waals surface area contributed by atoms with E-state index in [2.05, 4.69) is 54.0 Å². The molecule has 0 aliphatic carbocycles. The smallest absolute Gasteiger partial charge is 0.372 e. The van der Waals surface area contributed by atoms with Gasteiger partial charge in [-0.1, -0.05) is 55.8 Å². The van der Waals surface area contributed by atoms with E-state index in [0.717, 1.165) is 51.4 Å². The first-order valence-corrected chi connectivity index (χ1v) is 12.5. The minimum atomic E-state index is -2.43. The maximum Gasteiger partial charge on any atom is 0.372 e. The molecule has 1 aliphatic heterocycles. The van der Waals surface area contributed by atoms with E-state index >= 15 is 0 Å². The Hall–Kier alpha value is -1.02. The highest BCUT2D eigenvalue weighted by atomic mass is 28.4. The zero-order chi connectivity index (χ0) is 20.3. The van der Waals surface area contributed by atoms with Gasteiger partial charge in [-0.15, -0.1) is 0 Å². The molecule has 0 saturated carbocycles. The molecule has 1 saturated heterocycles. The van der Waals surface area contributed by atoms with E-state index in [-0.39, 0.29) is 11.3 Å². The van der Waals surface area contributed by atoms with E-state index < -0.39 is 8.56 Å². The molecule has 0 bridgehead atoms. The summed E-state index contributed by atoms with van der Waals surface area (Å²) < 4.78 is 18.3. The van der Waals surface area contributed by atoms with Gasteiger partial charge in [0.25, 0.3) is 0 Å². The van der Waals surface area contributed by atoms with Gasteiger partial charge in [-0.3, -0.25) is 0 Å². The van der Waals surface area contributed by atoms with Crippen LogP contribution in [-0.2, 0) is 13.6 Å². The summed E-state index contributed by atoms with van der Waals surface area (Å²) in [6.45, 7) is 4.88. The van der Waals surface area contributed by atoms with Crippen LogP contribution in [0.2, 0.25) is 6.04 Å². The summed E-state index contributed by atoms with van der Waals surface area (Å²) in [5.41, 5.74) is 1.23. The lowest BCUT2D eigenvalue weighted by molar-refractivity contribution is -0.0370. The Kier molecular flexibility index (Phi) is 9.84. The summed E-state index contributed by atoms with van der Waals surface area (Å²) in [5, 5.41) is 6.89. The molecular weight excluding hydrogens is 368 g/mol. The van der Waals surface area contributed by atoms with Crippen LogP contribution in [0.5, 0.6) is 0 Å². The number of benzene rings is 1. The van der Waals surface area contributed by atoms with Crippen molar-refractivity contribution in [2.75, 3.05) is 41.0 Å². The summed E-state index contributed by atoms with van der Waals surface area (Å²) in [5.74, 6) is 0. The lowest BCUT2D eigenvalue weighted by atomic mass is 9.99. The van der Waals surface area contributed by atoms with Crippen LogP contribution < -0.4 is 10.6 Å². The molecule has 1 aliphatic rings. The lowest BCUT2D eigenvalue weighted by Crippen LogP contribution is -2.73. The molecule has 1 aromatic rings. The van der Waals surface area contributed by atoms with Crippen LogP contribution in [0, 0.1) is 0 Å². The van der Waals surface area contributed by atoms with Crippen LogP contribution in [0.25, 0.3) is 6.08 Å². The average molecular weight is 407 g/mol.